The first-order valence-electron chi connectivity index (χ1n) is 12.9. The van der Waals surface area contributed by atoms with Gasteiger partial charge in [-0.2, -0.15) is 26.3 Å². The van der Waals surface area contributed by atoms with Crippen molar-refractivity contribution in [2.75, 3.05) is 5.32 Å². The van der Waals surface area contributed by atoms with Crippen LogP contribution in [0.15, 0.2) is 24.3 Å². The number of benzene rings is 1. The molecule has 3 N–H and O–H groups in total. The Hall–Kier alpha value is -2.72. The molecule has 3 fully saturated rings. The monoisotopic (exact) mass is 544 g/mol. The van der Waals surface area contributed by atoms with Crippen molar-refractivity contribution in [3.8, 4) is 5.75 Å². The minimum absolute atomic E-state index is 0.0123. The lowest BCUT2D eigenvalue weighted by atomic mass is 9.48. The molecule has 5 nitrogen and oxygen atoms in total. The van der Waals surface area contributed by atoms with Crippen molar-refractivity contribution in [1.82, 2.24) is 5.32 Å². The van der Waals surface area contributed by atoms with Crippen LogP contribution in [0.5, 0.6) is 5.75 Å². The van der Waals surface area contributed by atoms with Gasteiger partial charge in [-0.3, -0.25) is 9.59 Å². The van der Waals surface area contributed by atoms with Crippen LogP contribution in [0.1, 0.15) is 63.5 Å². The van der Waals surface area contributed by atoms with Gasteiger partial charge in [0.05, 0.1) is 16.8 Å². The summed E-state index contributed by atoms with van der Waals surface area (Å²) in [6.07, 6.45) is -2.41. The molecule has 1 aliphatic heterocycles. The number of rotatable bonds is 2. The van der Waals surface area contributed by atoms with Crippen molar-refractivity contribution in [2.24, 2.45) is 34.5 Å². The molecule has 4 aliphatic rings. The summed E-state index contributed by atoms with van der Waals surface area (Å²) in [4.78, 5) is 25.3. The number of phenolic OH excluding ortho intramolecular Hbond substituents is 1. The van der Waals surface area contributed by atoms with Gasteiger partial charge in [-0.1, -0.05) is 19.9 Å². The number of hydrogen-bond acceptors (Lipinski definition) is 3. The van der Waals surface area contributed by atoms with Gasteiger partial charge in [0.1, 0.15) is 5.75 Å². The summed E-state index contributed by atoms with van der Waals surface area (Å²) in [7, 11) is 0. The normalized spacial score (nSPS) is 36.6. The van der Waals surface area contributed by atoms with E-state index in [1.165, 1.54) is 0 Å². The van der Waals surface area contributed by atoms with Gasteiger partial charge in [-0.25, -0.2) is 0 Å². The number of hydrogen-bond donors (Lipinski definition) is 3. The lowest BCUT2D eigenvalue weighted by Crippen LogP contribution is -2.59. The Kier molecular flexibility index (Phi) is 6.11. The highest BCUT2D eigenvalue weighted by atomic mass is 19.4. The van der Waals surface area contributed by atoms with E-state index in [1.807, 2.05) is 13.0 Å². The summed E-state index contributed by atoms with van der Waals surface area (Å²) in [6.45, 7) is 4.12. The van der Waals surface area contributed by atoms with Crippen LogP contribution in [-0.4, -0.2) is 23.0 Å². The van der Waals surface area contributed by atoms with E-state index in [0.717, 1.165) is 19.3 Å². The second kappa shape index (κ2) is 8.64. The highest BCUT2D eigenvalue weighted by Gasteiger charge is 2.61. The zero-order valence-corrected chi connectivity index (χ0v) is 21.0. The van der Waals surface area contributed by atoms with Crippen LogP contribution in [0.3, 0.4) is 0 Å². The highest BCUT2D eigenvalue weighted by Crippen LogP contribution is 2.65. The van der Waals surface area contributed by atoms with Crippen molar-refractivity contribution in [1.29, 1.82) is 0 Å². The molecule has 0 spiro atoms. The lowest BCUT2D eigenvalue weighted by molar-refractivity contribution is -0.142. The fraction of sp³-hybridized carbons (Fsp3) is 0.630. The van der Waals surface area contributed by atoms with Gasteiger partial charge >= 0.3 is 12.4 Å². The van der Waals surface area contributed by atoms with Gasteiger partial charge in [0, 0.05) is 17.4 Å². The number of nitrogens with one attached hydrogen (secondary N) is 2. The maximum Gasteiger partial charge on any atom is 0.420 e. The fourth-order valence-corrected chi connectivity index (χ4v) is 8.14. The minimum atomic E-state index is -5.10. The molecular formula is C27H30F6N2O3. The number of carbonyl (C=O) groups is 2. The molecule has 38 heavy (non-hydrogen) atoms. The smallest absolute Gasteiger partial charge is 0.420 e. The van der Waals surface area contributed by atoms with E-state index < -0.39 is 52.2 Å². The third kappa shape index (κ3) is 4.16. The zero-order valence-electron chi connectivity index (χ0n) is 21.0. The van der Waals surface area contributed by atoms with Gasteiger partial charge in [0.2, 0.25) is 11.8 Å². The predicted octanol–water partition coefficient (Wildman–Crippen LogP) is 6.28. The first-order valence-corrected chi connectivity index (χ1v) is 12.9. The Bertz CT molecular complexity index is 1190. The molecule has 3 aliphatic carbocycles. The molecule has 0 bridgehead atoms. The standard InChI is InChI=1S/C27H30F6N2O3/c1-24-9-7-15-13(3-6-21-25(15,2)10-8-22(37)35-21)14(24)4-5-16(24)23(38)34-19-11-18(27(31,32)33)20(36)12-17(19)26(28,29)30/h8,10-16,21,36H,3-7,9H2,1-2H3,(H,34,38)(H,35,37)/t13-,14-,15-,16+,21+,24-,25+/m0/s1. The molecule has 1 aromatic carbocycles. The quantitative estimate of drug-likeness (QED) is 0.303. The fourth-order valence-electron chi connectivity index (χ4n) is 8.14. The maximum absolute atomic E-state index is 13.6. The SMILES string of the molecule is C[C@]12C=CC(=O)N[C@@H]1CC[C@@H]1[C@@H]2CC[C@]2(C)[C@@H](C(=O)Nc3cc(C(F)(F)F)c(O)cc3C(F)(F)F)CC[C@@H]12. The molecule has 5 rings (SSSR count). The number of anilines is 1. The molecule has 0 saturated heterocycles. The molecule has 3 saturated carbocycles. The topological polar surface area (TPSA) is 78.4 Å². The largest absolute Gasteiger partial charge is 0.507 e. The molecule has 1 heterocycles. The van der Waals surface area contributed by atoms with E-state index in [0.29, 0.717) is 19.3 Å². The van der Waals surface area contributed by atoms with Crippen molar-refractivity contribution >= 4 is 17.5 Å². The average molecular weight is 545 g/mol. The molecule has 7 atom stereocenters. The lowest BCUT2D eigenvalue weighted by Gasteiger charge is -2.58. The number of halogens is 6. The highest BCUT2D eigenvalue weighted by molar-refractivity contribution is 5.94. The predicted molar refractivity (Wildman–Crippen MR) is 126 cm³/mol. The number of carbonyl (C=O) groups excluding carboxylic acids is 2. The summed E-state index contributed by atoms with van der Waals surface area (Å²) in [5, 5.41) is 14.9. The maximum atomic E-state index is 13.6. The van der Waals surface area contributed by atoms with Crippen LogP contribution < -0.4 is 10.6 Å². The van der Waals surface area contributed by atoms with Crippen LogP contribution in [0, 0.1) is 34.5 Å². The van der Waals surface area contributed by atoms with Crippen LogP contribution in [0.2, 0.25) is 0 Å². The molecule has 208 valence electrons. The Morgan fingerprint density at radius 2 is 1.66 bits per heavy atom. The number of amides is 2. The van der Waals surface area contributed by atoms with Crippen LogP contribution in [0.4, 0.5) is 32.0 Å². The minimum Gasteiger partial charge on any atom is -0.507 e. The summed E-state index contributed by atoms with van der Waals surface area (Å²) in [5.41, 5.74) is -4.92. The van der Waals surface area contributed by atoms with Crippen molar-refractivity contribution in [3.63, 3.8) is 0 Å². The van der Waals surface area contributed by atoms with Gasteiger partial charge in [0.25, 0.3) is 0 Å². The second-order valence-electron chi connectivity index (χ2n) is 11.8. The Balaban J connectivity index is 1.42. The third-order valence-electron chi connectivity index (χ3n) is 10.0. The molecular weight excluding hydrogens is 514 g/mol. The van der Waals surface area contributed by atoms with E-state index in [4.69, 9.17) is 0 Å². The van der Waals surface area contributed by atoms with E-state index >= 15 is 0 Å². The van der Waals surface area contributed by atoms with Crippen molar-refractivity contribution in [2.45, 2.75) is 70.8 Å². The van der Waals surface area contributed by atoms with E-state index in [2.05, 4.69) is 17.6 Å². The molecule has 2 amide bonds. The Morgan fingerprint density at radius 3 is 2.32 bits per heavy atom. The van der Waals surface area contributed by atoms with Crippen LogP contribution in [0.25, 0.3) is 0 Å². The van der Waals surface area contributed by atoms with E-state index in [-0.39, 0.29) is 47.3 Å². The Morgan fingerprint density at radius 1 is 0.974 bits per heavy atom. The first-order chi connectivity index (χ1) is 17.6. The number of alkyl halides is 6. The van der Waals surface area contributed by atoms with Crippen molar-refractivity contribution in [3.05, 3.63) is 35.4 Å². The molecule has 0 aromatic heterocycles. The Labute approximate surface area is 216 Å². The molecule has 1 aromatic rings. The zero-order chi connectivity index (χ0) is 27.8. The number of fused-ring (bicyclic) bond motifs is 5. The van der Waals surface area contributed by atoms with Gasteiger partial charge < -0.3 is 15.7 Å². The van der Waals surface area contributed by atoms with Gasteiger partial charge in [-0.05, 0) is 79.9 Å². The second-order valence-corrected chi connectivity index (χ2v) is 11.8. The summed E-state index contributed by atoms with van der Waals surface area (Å²) < 4.78 is 80.9. The summed E-state index contributed by atoms with van der Waals surface area (Å²) >= 11 is 0. The average Bonchev–Trinajstić information content (AvgIpc) is 3.16. The number of phenols is 1. The van der Waals surface area contributed by atoms with E-state index in [1.54, 1.807) is 6.08 Å². The molecule has 11 heteroatoms. The van der Waals surface area contributed by atoms with Crippen molar-refractivity contribution < 1.29 is 41.0 Å². The summed E-state index contributed by atoms with van der Waals surface area (Å²) in [5.74, 6) is -2.37. The molecule has 0 radical (unpaired) electrons. The third-order valence-corrected chi connectivity index (χ3v) is 10.0. The van der Waals surface area contributed by atoms with Crippen LogP contribution in [-0.2, 0) is 21.9 Å². The van der Waals surface area contributed by atoms with E-state index in [9.17, 15) is 41.0 Å². The molecule has 0 unspecified atom stereocenters. The number of aromatic hydroxyl groups is 1. The summed E-state index contributed by atoms with van der Waals surface area (Å²) in [6, 6.07) is 0.204. The van der Waals surface area contributed by atoms with Gasteiger partial charge in [-0.15, -0.1) is 0 Å². The van der Waals surface area contributed by atoms with Crippen LogP contribution >= 0.6 is 0 Å². The first kappa shape index (κ1) is 26.9. The van der Waals surface area contributed by atoms with Gasteiger partial charge in [0.15, 0.2) is 0 Å².